The third kappa shape index (κ3) is 4.26. The normalized spacial score (nSPS) is 13.2. The molecule has 1 amide bonds. The summed E-state index contributed by atoms with van der Waals surface area (Å²) in [5.41, 5.74) is 1.32. The third-order valence-electron chi connectivity index (χ3n) is 3.87. The van der Waals surface area contributed by atoms with Crippen LogP contribution in [0.25, 0.3) is 0 Å². The maximum atomic E-state index is 12.2. The lowest BCUT2D eigenvalue weighted by Crippen LogP contribution is -2.36. The van der Waals surface area contributed by atoms with Crippen molar-refractivity contribution in [1.82, 2.24) is 5.32 Å². The van der Waals surface area contributed by atoms with Gasteiger partial charge in [-0.15, -0.1) is 0 Å². The van der Waals surface area contributed by atoms with Crippen LogP contribution in [0.3, 0.4) is 0 Å². The molecule has 0 unspecified atom stereocenters. The molecule has 0 aliphatic carbocycles. The van der Waals surface area contributed by atoms with Crippen LogP contribution in [-0.2, 0) is 16.0 Å². The van der Waals surface area contributed by atoms with Crippen molar-refractivity contribution in [3.63, 3.8) is 0 Å². The Labute approximate surface area is 156 Å². The first-order chi connectivity index (χ1) is 12.5. The highest BCUT2D eigenvalue weighted by Crippen LogP contribution is 2.39. The van der Waals surface area contributed by atoms with E-state index in [0.29, 0.717) is 24.5 Å². The zero-order valence-corrected chi connectivity index (χ0v) is 14.9. The first kappa shape index (κ1) is 18.1. The van der Waals surface area contributed by atoms with E-state index in [0.717, 1.165) is 5.56 Å². The lowest BCUT2D eigenvalue weighted by Gasteiger charge is -2.14. The molecule has 0 saturated carbocycles. The van der Waals surface area contributed by atoms with Crippen molar-refractivity contribution in [3.05, 3.63) is 58.6 Å². The van der Waals surface area contributed by atoms with Crippen LogP contribution >= 0.6 is 11.6 Å². The van der Waals surface area contributed by atoms with E-state index < -0.39 is 12.1 Å². The maximum absolute atomic E-state index is 12.2. The second kappa shape index (κ2) is 8.10. The number of ether oxygens (including phenoxy) is 3. The van der Waals surface area contributed by atoms with Crippen LogP contribution in [0.2, 0.25) is 5.02 Å². The number of hydrogen-bond donors (Lipinski definition) is 1. The van der Waals surface area contributed by atoms with Gasteiger partial charge in [-0.1, -0.05) is 41.9 Å². The molecule has 1 heterocycles. The van der Waals surface area contributed by atoms with Crippen molar-refractivity contribution < 1.29 is 23.8 Å². The predicted molar refractivity (Wildman–Crippen MR) is 95.6 cm³/mol. The summed E-state index contributed by atoms with van der Waals surface area (Å²) in [4.78, 5) is 24.3. The molecule has 1 aliphatic heterocycles. The number of halogens is 1. The first-order valence-corrected chi connectivity index (χ1v) is 8.54. The third-order valence-corrected chi connectivity index (χ3v) is 4.15. The monoisotopic (exact) mass is 375 g/mol. The van der Waals surface area contributed by atoms with Gasteiger partial charge in [0.25, 0.3) is 5.91 Å². The molecule has 0 saturated heterocycles. The Morgan fingerprint density at radius 3 is 2.77 bits per heavy atom. The van der Waals surface area contributed by atoms with Crippen molar-refractivity contribution in [2.45, 2.75) is 19.4 Å². The van der Waals surface area contributed by atoms with Crippen LogP contribution in [0.1, 0.15) is 22.8 Å². The average molecular weight is 376 g/mol. The topological polar surface area (TPSA) is 73.9 Å². The second-order valence-corrected chi connectivity index (χ2v) is 6.17. The van der Waals surface area contributed by atoms with Crippen LogP contribution in [0.15, 0.2) is 42.5 Å². The molecule has 1 aliphatic rings. The average Bonchev–Trinajstić information content (AvgIpc) is 3.11. The van der Waals surface area contributed by atoms with Crippen molar-refractivity contribution in [1.29, 1.82) is 0 Å². The first-order valence-electron chi connectivity index (χ1n) is 8.16. The molecule has 0 spiro atoms. The van der Waals surface area contributed by atoms with E-state index in [9.17, 15) is 9.59 Å². The number of fused-ring (bicyclic) bond motifs is 1. The van der Waals surface area contributed by atoms with Gasteiger partial charge in [0, 0.05) is 6.54 Å². The largest absolute Gasteiger partial charge is 0.454 e. The quantitative estimate of drug-likeness (QED) is 0.786. The maximum Gasteiger partial charge on any atom is 0.339 e. The number of amides is 1. The molecule has 6 nitrogen and oxygen atoms in total. The summed E-state index contributed by atoms with van der Waals surface area (Å²) in [6.45, 7) is 2.03. The molecule has 1 atom stereocenters. The zero-order chi connectivity index (χ0) is 18.5. The Morgan fingerprint density at radius 1 is 1.23 bits per heavy atom. The molecule has 0 aromatic heterocycles. The zero-order valence-electron chi connectivity index (χ0n) is 14.2. The van der Waals surface area contributed by atoms with Gasteiger partial charge in [0.05, 0.1) is 10.6 Å². The van der Waals surface area contributed by atoms with Crippen molar-refractivity contribution in [2.24, 2.45) is 0 Å². The summed E-state index contributed by atoms with van der Waals surface area (Å²) < 4.78 is 15.6. The summed E-state index contributed by atoms with van der Waals surface area (Å²) >= 11 is 6.05. The van der Waals surface area contributed by atoms with Gasteiger partial charge in [-0.05, 0) is 31.0 Å². The second-order valence-electron chi connectivity index (χ2n) is 5.77. The Hall–Kier alpha value is -2.73. The highest BCUT2D eigenvalue weighted by Gasteiger charge is 2.24. The summed E-state index contributed by atoms with van der Waals surface area (Å²) in [5, 5.41) is 3.01. The number of carbonyl (C=O) groups is 2. The molecule has 2 aromatic rings. The Balaban J connectivity index is 1.52. The highest BCUT2D eigenvalue weighted by molar-refractivity contribution is 6.32. The number of nitrogens with one attached hydrogen (secondary N) is 1. The molecular formula is C19H18ClNO5. The number of carbonyl (C=O) groups excluding carboxylic acids is 2. The summed E-state index contributed by atoms with van der Waals surface area (Å²) in [6.07, 6.45) is -0.229. The van der Waals surface area contributed by atoms with E-state index in [1.54, 1.807) is 0 Å². The number of hydrogen-bond acceptors (Lipinski definition) is 5. The molecule has 3 rings (SSSR count). The molecule has 0 radical (unpaired) electrons. The van der Waals surface area contributed by atoms with Gasteiger partial charge in [-0.3, -0.25) is 4.79 Å². The molecule has 0 bridgehead atoms. The molecule has 26 heavy (non-hydrogen) atoms. The molecule has 0 fully saturated rings. The molecule has 136 valence electrons. The van der Waals surface area contributed by atoms with Crippen LogP contribution in [0, 0.1) is 0 Å². The van der Waals surface area contributed by atoms with Gasteiger partial charge in [0.1, 0.15) is 0 Å². The minimum absolute atomic E-state index is 0.0494. The number of esters is 1. The van der Waals surface area contributed by atoms with Crippen molar-refractivity contribution >= 4 is 23.5 Å². The van der Waals surface area contributed by atoms with E-state index in [4.69, 9.17) is 25.8 Å². The van der Waals surface area contributed by atoms with Crippen LogP contribution in [-0.4, -0.2) is 31.3 Å². The van der Waals surface area contributed by atoms with Crippen molar-refractivity contribution in [2.75, 3.05) is 13.3 Å². The predicted octanol–water partition coefficient (Wildman–Crippen LogP) is 2.97. The minimum atomic E-state index is -0.928. The lowest BCUT2D eigenvalue weighted by atomic mass is 10.1. The fourth-order valence-corrected chi connectivity index (χ4v) is 2.75. The highest BCUT2D eigenvalue weighted by atomic mass is 35.5. The Bertz CT molecular complexity index is 809. The molecule has 1 N–H and O–H groups in total. The molecule has 2 aromatic carbocycles. The van der Waals surface area contributed by atoms with Gasteiger partial charge in [0.15, 0.2) is 17.6 Å². The Morgan fingerprint density at radius 2 is 2.00 bits per heavy atom. The minimum Gasteiger partial charge on any atom is -0.454 e. The lowest BCUT2D eigenvalue weighted by molar-refractivity contribution is -0.129. The van der Waals surface area contributed by atoms with E-state index in [-0.39, 0.29) is 23.3 Å². The van der Waals surface area contributed by atoms with E-state index in [1.807, 2.05) is 30.3 Å². The molecule has 7 heteroatoms. The fourth-order valence-electron chi connectivity index (χ4n) is 2.49. The molecular weight excluding hydrogens is 358 g/mol. The van der Waals surface area contributed by atoms with Gasteiger partial charge < -0.3 is 19.5 Å². The summed E-state index contributed by atoms with van der Waals surface area (Å²) in [5.74, 6) is -0.239. The Kier molecular flexibility index (Phi) is 5.63. The van der Waals surface area contributed by atoms with Gasteiger partial charge in [-0.25, -0.2) is 4.79 Å². The van der Waals surface area contributed by atoms with Crippen LogP contribution in [0.5, 0.6) is 11.5 Å². The van der Waals surface area contributed by atoms with E-state index in [1.165, 1.54) is 19.1 Å². The van der Waals surface area contributed by atoms with E-state index in [2.05, 4.69) is 5.32 Å². The van der Waals surface area contributed by atoms with Gasteiger partial charge >= 0.3 is 5.97 Å². The smallest absolute Gasteiger partial charge is 0.339 e. The van der Waals surface area contributed by atoms with Crippen LogP contribution < -0.4 is 14.8 Å². The summed E-state index contributed by atoms with van der Waals surface area (Å²) in [7, 11) is 0. The van der Waals surface area contributed by atoms with Crippen LogP contribution in [0.4, 0.5) is 0 Å². The van der Waals surface area contributed by atoms with Gasteiger partial charge in [0.2, 0.25) is 6.79 Å². The SMILES string of the molecule is C[C@@H](OC(=O)c1cc(Cl)c2c(c1)OCO2)C(=O)NCCc1ccccc1. The van der Waals surface area contributed by atoms with E-state index >= 15 is 0 Å². The standard InChI is InChI=1S/C19H18ClNO5/c1-12(18(22)21-8-7-13-5-3-2-4-6-13)26-19(23)14-9-15(20)17-16(10-14)24-11-25-17/h2-6,9-10,12H,7-8,11H2,1H3,(H,21,22)/t12-/m1/s1. The van der Waals surface area contributed by atoms with Gasteiger partial charge in [-0.2, -0.15) is 0 Å². The van der Waals surface area contributed by atoms with Crippen molar-refractivity contribution in [3.8, 4) is 11.5 Å². The number of rotatable bonds is 6. The number of benzene rings is 2. The summed E-state index contributed by atoms with van der Waals surface area (Å²) in [6, 6.07) is 12.7. The fraction of sp³-hybridized carbons (Fsp3) is 0.263.